The van der Waals surface area contributed by atoms with Crippen molar-refractivity contribution in [3.05, 3.63) is 0 Å². The lowest BCUT2D eigenvalue weighted by Crippen LogP contribution is -1.77. The van der Waals surface area contributed by atoms with Gasteiger partial charge in [0.2, 0.25) is 4.97 Å². The van der Waals surface area contributed by atoms with E-state index >= 15 is 0 Å². The molecule has 0 aliphatic heterocycles. The van der Waals surface area contributed by atoms with Gasteiger partial charge in [-0.3, -0.25) is 0 Å². The molecule has 0 aromatic heterocycles. The molecule has 0 aliphatic rings. The van der Waals surface area contributed by atoms with Crippen LogP contribution < -0.4 is 0 Å². The average molecular weight is 189 g/mol. The van der Waals surface area contributed by atoms with Gasteiger partial charge in [-0.05, 0) is 34.3 Å². The zero-order valence-corrected chi connectivity index (χ0v) is 7.03. The molecule has 0 spiro atoms. The van der Waals surface area contributed by atoms with Crippen molar-refractivity contribution in [2.45, 2.75) is 0 Å². The van der Waals surface area contributed by atoms with Crippen molar-refractivity contribution in [1.29, 1.82) is 0 Å². The van der Waals surface area contributed by atoms with Gasteiger partial charge in [0.1, 0.15) is 6.61 Å². The van der Waals surface area contributed by atoms with Crippen LogP contribution in [0.25, 0.3) is 0 Å². The Bertz CT molecular complexity index is 146. The lowest BCUT2D eigenvalue weighted by Gasteiger charge is -2.00. The monoisotopic (exact) mass is 188 g/mol. The molecular weight excluding hydrogens is 186 g/mol. The maximum absolute atomic E-state index is 5.29. The van der Waals surface area contributed by atoms with Gasteiger partial charge in [0, 0.05) is 0 Å². The molecule has 0 unspecified atom stereocenters. The van der Waals surface area contributed by atoms with Crippen molar-refractivity contribution in [1.82, 2.24) is 0 Å². The third-order valence-electron chi connectivity index (χ3n) is 0.298. The van der Waals surface area contributed by atoms with Crippen molar-refractivity contribution in [2.24, 2.45) is 0 Å². The topological polar surface area (TPSA) is 9.23 Å². The largest absolute Gasteiger partial charge is 0.314 e. The lowest BCUT2D eigenvalue weighted by atomic mass is 10.8. The molecule has 0 aromatic carbocycles. The summed E-state index contributed by atoms with van der Waals surface area (Å²) in [5.41, 5.74) is 0. The Hall–Kier alpha value is 0.750. The van der Waals surface area contributed by atoms with E-state index in [1.165, 1.54) is 0 Å². The van der Waals surface area contributed by atoms with Crippen LogP contribution in [0.2, 0.25) is 0 Å². The summed E-state index contributed by atoms with van der Waals surface area (Å²) in [5.74, 6) is 2.19. The van der Waals surface area contributed by atoms with Crippen LogP contribution in [0.1, 0.15) is 0 Å². The van der Waals surface area contributed by atoms with Crippen molar-refractivity contribution < 1.29 is 4.52 Å². The highest BCUT2D eigenvalue weighted by atomic mass is 35.9. The van der Waals surface area contributed by atoms with Crippen LogP contribution in [0.5, 0.6) is 0 Å². The van der Waals surface area contributed by atoms with E-state index < -0.39 is 4.97 Å². The van der Waals surface area contributed by atoms with Gasteiger partial charge >= 0.3 is 0 Å². The number of terminal acetylenes is 1. The fraction of sp³-hybridized carbons (Fsp3) is 0.333. The van der Waals surface area contributed by atoms with E-state index in [0.717, 1.165) is 0 Å². The molecule has 0 aromatic rings. The SMILES string of the molecule is C#CCOP(=S)(Cl)Cl. The molecule has 0 atom stereocenters. The number of halogens is 2. The zero-order valence-electron chi connectivity index (χ0n) is 3.80. The van der Waals surface area contributed by atoms with Crippen molar-refractivity contribution in [3.63, 3.8) is 0 Å². The predicted octanol–water partition coefficient (Wildman–Crippen LogP) is 2.34. The second-order valence-electron chi connectivity index (χ2n) is 0.892. The van der Waals surface area contributed by atoms with Crippen LogP contribution in [0.15, 0.2) is 0 Å². The molecule has 0 saturated heterocycles. The van der Waals surface area contributed by atoms with Crippen LogP contribution in [-0.2, 0) is 16.3 Å². The van der Waals surface area contributed by atoms with Gasteiger partial charge in [0.25, 0.3) is 0 Å². The Labute approximate surface area is 63.0 Å². The van der Waals surface area contributed by atoms with Gasteiger partial charge in [0.15, 0.2) is 0 Å². The van der Waals surface area contributed by atoms with Gasteiger partial charge in [0.05, 0.1) is 0 Å². The first-order valence-corrected chi connectivity index (χ1v) is 6.16. The van der Waals surface area contributed by atoms with E-state index in [-0.39, 0.29) is 6.61 Å². The van der Waals surface area contributed by atoms with E-state index in [0.29, 0.717) is 0 Å². The summed E-state index contributed by atoms with van der Waals surface area (Å²) in [4.78, 5) is -2.55. The van der Waals surface area contributed by atoms with E-state index in [1.807, 2.05) is 0 Å². The molecule has 46 valence electrons. The van der Waals surface area contributed by atoms with Crippen molar-refractivity contribution >= 4 is 39.3 Å². The molecule has 0 N–H and O–H groups in total. The summed E-state index contributed by atoms with van der Waals surface area (Å²) in [6.07, 6.45) is 4.81. The lowest BCUT2D eigenvalue weighted by molar-refractivity contribution is 0.427. The molecule has 0 aliphatic carbocycles. The Morgan fingerprint density at radius 1 is 1.75 bits per heavy atom. The minimum atomic E-state index is -2.55. The minimum Gasteiger partial charge on any atom is -0.314 e. The Morgan fingerprint density at radius 3 is 2.38 bits per heavy atom. The van der Waals surface area contributed by atoms with Crippen molar-refractivity contribution in [2.75, 3.05) is 6.61 Å². The minimum absolute atomic E-state index is 0.0876. The molecule has 0 amide bonds. The number of rotatable bonds is 2. The van der Waals surface area contributed by atoms with E-state index in [1.54, 1.807) is 0 Å². The fourth-order valence-corrected chi connectivity index (χ4v) is 0.788. The average Bonchev–Trinajstić information content (AvgIpc) is 1.59. The van der Waals surface area contributed by atoms with E-state index in [4.69, 9.17) is 28.9 Å². The first-order valence-electron chi connectivity index (χ1n) is 1.63. The summed E-state index contributed by atoms with van der Waals surface area (Å²) in [5, 5.41) is 0. The number of hydrogen-bond acceptors (Lipinski definition) is 2. The molecular formula is C3H3Cl2OPS. The highest BCUT2D eigenvalue weighted by molar-refractivity contribution is 8.36. The summed E-state index contributed by atoms with van der Waals surface area (Å²) >= 11 is 15.0. The highest BCUT2D eigenvalue weighted by Crippen LogP contribution is 2.57. The van der Waals surface area contributed by atoms with Crippen molar-refractivity contribution in [3.8, 4) is 12.3 Å². The van der Waals surface area contributed by atoms with E-state index in [2.05, 4.69) is 22.3 Å². The summed E-state index contributed by atoms with van der Waals surface area (Å²) in [7, 11) is 0. The standard InChI is InChI=1S/C3H3Cl2OPS/c1-2-3-6-7(4,5)8/h1H,3H2. The smallest absolute Gasteiger partial charge is 0.241 e. The normalized spacial score (nSPS) is 10.6. The van der Waals surface area contributed by atoms with Gasteiger partial charge in [-0.25, -0.2) is 0 Å². The van der Waals surface area contributed by atoms with Crippen LogP contribution in [0.4, 0.5) is 0 Å². The van der Waals surface area contributed by atoms with Crippen LogP contribution >= 0.6 is 27.5 Å². The summed E-state index contributed by atoms with van der Waals surface area (Å²) in [6.45, 7) is 0.0876. The maximum atomic E-state index is 5.29. The Balaban J connectivity index is 3.45. The molecule has 0 radical (unpaired) electrons. The maximum Gasteiger partial charge on any atom is 0.241 e. The predicted molar refractivity (Wildman–Crippen MR) is 40.8 cm³/mol. The molecule has 5 heteroatoms. The molecule has 0 bridgehead atoms. The fourth-order valence-electron chi connectivity index (χ4n) is 0.112. The second kappa shape index (κ2) is 3.71. The third-order valence-corrected chi connectivity index (χ3v) is 1.63. The van der Waals surface area contributed by atoms with Crippen LogP contribution in [0, 0.1) is 12.3 Å². The molecule has 8 heavy (non-hydrogen) atoms. The van der Waals surface area contributed by atoms with Crippen LogP contribution in [-0.4, -0.2) is 6.61 Å². The van der Waals surface area contributed by atoms with Gasteiger partial charge in [-0.1, -0.05) is 5.92 Å². The quantitative estimate of drug-likeness (QED) is 0.487. The summed E-state index contributed by atoms with van der Waals surface area (Å²) in [6, 6.07) is 0. The molecule has 0 heterocycles. The first kappa shape index (κ1) is 8.75. The first-order chi connectivity index (χ1) is 3.56. The molecule has 1 nitrogen and oxygen atoms in total. The van der Waals surface area contributed by atoms with E-state index in [9.17, 15) is 0 Å². The van der Waals surface area contributed by atoms with Gasteiger partial charge < -0.3 is 4.52 Å². The Morgan fingerprint density at radius 2 is 2.25 bits per heavy atom. The Kier molecular flexibility index (Phi) is 4.06. The summed E-state index contributed by atoms with van der Waals surface area (Å²) < 4.78 is 4.60. The number of hydrogen-bond donors (Lipinski definition) is 0. The third kappa shape index (κ3) is 6.75. The molecule has 0 rings (SSSR count). The zero-order chi connectivity index (χ0) is 6.62. The molecule has 0 fully saturated rings. The molecule has 0 saturated carbocycles. The highest BCUT2D eigenvalue weighted by Gasteiger charge is 2.05. The van der Waals surface area contributed by atoms with Gasteiger partial charge in [-0.15, -0.1) is 6.42 Å². The van der Waals surface area contributed by atoms with Crippen LogP contribution in [0.3, 0.4) is 0 Å². The second-order valence-corrected chi connectivity index (χ2v) is 8.10. The van der Waals surface area contributed by atoms with Gasteiger partial charge in [-0.2, -0.15) is 0 Å².